The molecule has 2 aliphatic rings. The third-order valence-corrected chi connectivity index (χ3v) is 5.11. The lowest BCUT2D eigenvalue weighted by Crippen LogP contribution is -2.60. The third-order valence-electron chi connectivity index (χ3n) is 5.11. The molecule has 0 aromatic carbocycles. The Morgan fingerprint density at radius 1 is 1.19 bits per heavy atom. The second-order valence-electron chi connectivity index (χ2n) is 7.65. The van der Waals surface area contributed by atoms with Gasteiger partial charge in [-0.3, -0.25) is 4.90 Å². The van der Waals surface area contributed by atoms with Gasteiger partial charge in [0, 0.05) is 30.3 Å². The number of likely N-dealkylation sites (tertiary alicyclic amines) is 1. The van der Waals surface area contributed by atoms with E-state index in [1.165, 1.54) is 0 Å². The molecule has 1 unspecified atom stereocenters. The second-order valence-corrected chi connectivity index (χ2v) is 7.65. The van der Waals surface area contributed by atoms with Gasteiger partial charge < -0.3 is 15.6 Å². The minimum atomic E-state index is -0.844. The van der Waals surface area contributed by atoms with Gasteiger partial charge in [0.15, 0.2) is 0 Å². The van der Waals surface area contributed by atoms with Crippen molar-refractivity contribution in [3.63, 3.8) is 0 Å². The molecule has 21 heavy (non-hydrogen) atoms. The minimum absolute atomic E-state index is 0.135. The molecule has 4 nitrogen and oxygen atoms in total. The molecule has 1 aliphatic heterocycles. The molecule has 0 spiro atoms. The van der Waals surface area contributed by atoms with E-state index < -0.39 is 6.23 Å². The zero-order valence-corrected chi connectivity index (χ0v) is 14.0. The normalized spacial score (nSPS) is 27.8. The predicted octanol–water partition coefficient (Wildman–Crippen LogP) is 2.54. The van der Waals surface area contributed by atoms with Gasteiger partial charge in [-0.1, -0.05) is 6.08 Å². The van der Waals surface area contributed by atoms with Crippen LogP contribution in [0, 0.1) is 0 Å². The number of aliphatic hydroxyl groups is 1. The molecule has 1 fully saturated rings. The number of piperidine rings is 1. The van der Waals surface area contributed by atoms with E-state index in [0.29, 0.717) is 0 Å². The SMILES string of the molecule is CN1C(C)(C)CC(OC2=CC=C(C(N)O)CC2)CC1(C)C. The molecule has 1 heterocycles. The number of ether oxygens (including phenoxy) is 1. The summed E-state index contributed by atoms with van der Waals surface area (Å²) in [5.74, 6) is 1.01. The van der Waals surface area contributed by atoms with Crippen molar-refractivity contribution >= 4 is 0 Å². The maximum Gasteiger partial charge on any atom is 0.124 e. The lowest BCUT2D eigenvalue weighted by molar-refractivity contribution is -0.0755. The quantitative estimate of drug-likeness (QED) is 0.785. The van der Waals surface area contributed by atoms with E-state index in [-0.39, 0.29) is 17.2 Å². The Balaban J connectivity index is 2.04. The molecule has 1 saturated heterocycles. The van der Waals surface area contributed by atoms with Crippen LogP contribution in [0.25, 0.3) is 0 Å². The zero-order chi connectivity index (χ0) is 15.8. The van der Waals surface area contributed by atoms with Crippen LogP contribution in [0.5, 0.6) is 0 Å². The third kappa shape index (κ3) is 3.68. The zero-order valence-electron chi connectivity index (χ0n) is 14.0. The van der Waals surface area contributed by atoms with Gasteiger partial charge in [0.25, 0.3) is 0 Å². The highest BCUT2D eigenvalue weighted by Gasteiger charge is 2.44. The van der Waals surface area contributed by atoms with Crippen LogP contribution in [-0.2, 0) is 4.74 Å². The monoisotopic (exact) mass is 294 g/mol. The average Bonchev–Trinajstić information content (AvgIpc) is 2.36. The fraction of sp³-hybridized carbons (Fsp3) is 0.765. The van der Waals surface area contributed by atoms with Crippen molar-refractivity contribution in [2.24, 2.45) is 5.73 Å². The Morgan fingerprint density at radius 3 is 2.19 bits per heavy atom. The smallest absolute Gasteiger partial charge is 0.124 e. The Bertz CT molecular complexity index is 432. The number of hydrogen-bond acceptors (Lipinski definition) is 4. The van der Waals surface area contributed by atoms with Gasteiger partial charge in [0.2, 0.25) is 0 Å². The molecule has 0 saturated carbocycles. The summed E-state index contributed by atoms with van der Waals surface area (Å²) in [5.41, 5.74) is 6.65. The van der Waals surface area contributed by atoms with E-state index in [2.05, 4.69) is 39.6 Å². The van der Waals surface area contributed by atoms with Gasteiger partial charge in [-0.05, 0) is 52.8 Å². The van der Waals surface area contributed by atoms with Crippen LogP contribution in [-0.4, -0.2) is 40.5 Å². The van der Waals surface area contributed by atoms with Crippen LogP contribution in [0.2, 0.25) is 0 Å². The van der Waals surface area contributed by atoms with Gasteiger partial charge in [0.1, 0.15) is 12.3 Å². The lowest BCUT2D eigenvalue weighted by Gasteiger charge is -2.53. The van der Waals surface area contributed by atoms with Crippen LogP contribution in [0.4, 0.5) is 0 Å². The average molecular weight is 294 g/mol. The van der Waals surface area contributed by atoms with E-state index >= 15 is 0 Å². The van der Waals surface area contributed by atoms with Crippen molar-refractivity contribution in [1.82, 2.24) is 4.90 Å². The highest BCUT2D eigenvalue weighted by molar-refractivity contribution is 5.23. The first-order valence-electron chi connectivity index (χ1n) is 7.86. The summed E-state index contributed by atoms with van der Waals surface area (Å²) in [6.45, 7) is 9.12. The molecule has 0 aromatic heterocycles. The molecule has 0 radical (unpaired) electrons. The number of hydrogen-bond donors (Lipinski definition) is 2. The van der Waals surface area contributed by atoms with Crippen LogP contribution >= 0.6 is 0 Å². The first-order chi connectivity index (χ1) is 9.62. The Kier molecular flexibility index (Phi) is 4.52. The molecule has 3 N–H and O–H groups in total. The second kappa shape index (κ2) is 5.75. The van der Waals surface area contributed by atoms with E-state index in [4.69, 9.17) is 10.5 Å². The van der Waals surface area contributed by atoms with Crippen LogP contribution in [0.3, 0.4) is 0 Å². The number of rotatable bonds is 3. The van der Waals surface area contributed by atoms with Crippen molar-refractivity contribution in [3.05, 3.63) is 23.5 Å². The molecular formula is C17H30N2O2. The topological polar surface area (TPSA) is 58.7 Å². The maximum absolute atomic E-state index is 9.39. The Hall–Kier alpha value is -0.840. The lowest BCUT2D eigenvalue weighted by atomic mass is 9.78. The van der Waals surface area contributed by atoms with E-state index in [9.17, 15) is 5.11 Å². The largest absolute Gasteiger partial charge is 0.495 e. The van der Waals surface area contributed by atoms with Crippen molar-refractivity contribution in [1.29, 1.82) is 0 Å². The summed E-state index contributed by atoms with van der Waals surface area (Å²) in [6.07, 6.45) is 6.93. The summed E-state index contributed by atoms with van der Waals surface area (Å²) >= 11 is 0. The molecule has 1 atom stereocenters. The summed E-state index contributed by atoms with van der Waals surface area (Å²) < 4.78 is 6.25. The fourth-order valence-corrected chi connectivity index (χ4v) is 3.56. The fourth-order valence-electron chi connectivity index (χ4n) is 3.56. The Morgan fingerprint density at radius 2 is 1.76 bits per heavy atom. The van der Waals surface area contributed by atoms with Crippen LogP contribution in [0.15, 0.2) is 23.5 Å². The molecule has 2 rings (SSSR count). The molecule has 1 aliphatic carbocycles. The summed E-state index contributed by atoms with van der Waals surface area (Å²) in [5, 5.41) is 9.39. The molecule has 0 aromatic rings. The number of nitrogens with zero attached hydrogens (tertiary/aromatic N) is 1. The van der Waals surface area contributed by atoms with Crippen molar-refractivity contribution in [3.8, 4) is 0 Å². The van der Waals surface area contributed by atoms with Gasteiger partial charge in [-0.2, -0.15) is 0 Å². The molecule has 0 bridgehead atoms. The highest BCUT2D eigenvalue weighted by atomic mass is 16.5. The van der Waals surface area contributed by atoms with E-state index in [0.717, 1.165) is 37.0 Å². The van der Waals surface area contributed by atoms with Gasteiger partial charge >= 0.3 is 0 Å². The minimum Gasteiger partial charge on any atom is -0.495 e. The van der Waals surface area contributed by atoms with Gasteiger partial charge in [-0.15, -0.1) is 0 Å². The number of aliphatic hydroxyl groups excluding tert-OH is 1. The van der Waals surface area contributed by atoms with E-state index in [1.54, 1.807) is 0 Å². The molecule has 4 heteroatoms. The summed E-state index contributed by atoms with van der Waals surface area (Å²) in [6, 6.07) is 0. The molecule has 120 valence electrons. The maximum atomic E-state index is 9.39. The number of nitrogens with two attached hydrogens (primary N) is 1. The van der Waals surface area contributed by atoms with Crippen molar-refractivity contribution < 1.29 is 9.84 Å². The predicted molar refractivity (Wildman–Crippen MR) is 85.6 cm³/mol. The highest BCUT2D eigenvalue weighted by Crippen LogP contribution is 2.39. The van der Waals surface area contributed by atoms with Gasteiger partial charge in [-0.25, -0.2) is 0 Å². The molecular weight excluding hydrogens is 264 g/mol. The molecule has 0 amide bonds. The van der Waals surface area contributed by atoms with Crippen LogP contribution < -0.4 is 5.73 Å². The van der Waals surface area contributed by atoms with Gasteiger partial charge in [0.05, 0.1) is 5.76 Å². The van der Waals surface area contributed by atoms with Crippen molar-refractivity contribution in [2.45, 2.75) is 76.8 Å². The van der Waals surface area contributed by atoms with Crippen LogP contribution in [0.1, 0.15) is 53.4 Å². The summed E-state index contributed by atoms with van der Waals surface area (Å²) in [7, 11) is 2.20. The summed E-state index contributed by atoms with van der Waals surface area (Å²) in [4.78, 5) is 2.46. The Labute approximate surface area is 128 Å². The first-order valence-corrected chi connectivity index (χ1v) is 7.86. The standard InChI is InChI=1S/C17H30N2O2/c1-16(2)10-14(11-17(3,4)19(16)5)21-13-8-6-12(7-9-13)15(18)20/h6,8,14-15,20H,7,9-11,18H2,1-5H3. The van der Waals surface area contributed by atoms with E-state index in [1.807, 2.05) is 12.2 Å². The van der Waals surface area contributed by atoms with Crippen molar-refractivity contribution in [2.75, 3.05) is 7.05 Å². The first kappa shape index (κ1) is 16.5. The number of allylic oxidation sites excluding steroid dienone is 3.